The van der Waals surface area contributed by atoms with Crippen LogP contribution in [0.3, 0.4) is 0 Å². The summed E-state index contributed by atoms with van der Waals surface area (Å²) in [5.74, 6) is 0.178. The molecule has 0 saturated carbocycles. The van der Waals surface area contributed by atoms with Crippen molar-refractivity contribution in [1.82, 2.24) is 20.1 Å². The molecule has 2 aliphatic rings. The van der Waals surface area contributed by atoms with Crippen LogP contribution in [0.5, 0.6) is 0 Å². The van der Waals surface area contributed by atoms with E-state index in [2.05, 4.69) is 15.6 Å². The average molecular weight is 317 g/mol. The van der Waals surface area contributed by atoms with Gasteiger partial charge in [0.2, 0.25) is 5.91 Å². The number of likely N-dealkylation sites (tertiary alicyclic amines) is 1. The Labute approximate surface area is 133 Å². The number of pyridine rings is 1. The molecule has 0 unspecified atom stereocenters. The lowest BCUT2D eigenvalue weighted by molar-refractivity contribution is -0.137. The van der Waals surface area contributed by atoms with Crippen molar-refractivity contribution in [2.45, 2.75) is 18.9 Å². The highest BCUT2D eigenvalue weighted by atomic mass is 16.2. The molecule has 122 valence electrons. The van der Waals surface area contributed by atoms with Gasteiger partial charge >= 0.3 is 6.03 Å². The molecule has 0 aromatic carbocycles. The van der Waals surface area contributed by atoms with Gasteiger partial charge in [0.05, 0.1) is 12.6 Å². The number of hydrogen-bond acceptors (Lipinski definition) is 5. The predicted molar refractivity (Wildman–Crippen MR) is 82.6 cm³/mol. The van der Waals surface area contributed by atoms with E-state index >= 15 is 0 Å². The van der Waals surface area contributed by atoms with E-state index < -0.39 is 6.03 Å². The van der Waals surface area contributed by atoms with E-state index in [4.69, 9.17) is 0 Å². The second kappa shape index (κ2) is 6.23. The van der Waals surface area contributed by atoms with Crippen LogP contribution < -0.4 is 10.6 Å². The number of amides is 4. The minimum absolute atomic E-state index is 0.0363. The monoisotopic (exact) mass is 317 g/mol. The quantitative estimate of drug-likeness (QED) is 0.781. The molecule has 1 aromatic heterocycles. The Morgan fingerprint density at radius 1 is 1.48 bits per heavy atom. The Kier molecular flexibility index (Phi) is 4.14. The summed E-state index contributed by atoms with van der Waals surface area (Å²) in [5.41, 5.74) is 1.01. The Bertz CT molecular complexity index is 632. The molecule has 0 bridgehead atoms. The summed E-state index contributed by atoms with van der Waals surface area (Å²) >= 11 is 0. The number of imide groups is 1. The molecular formula is C15H19N5O3. The van der Waals surface area contributed by atoms with Crippen molar-refractivity contribution in [2.24, 2.45) is 0 Å². The molecule has 2 aliphatic heterocycles. The molecule has 3 heterocycles. The van der Waals surface area contributed by atoms with Gasteiger partial charge in [0, 0.05) is 19.8 Å². The molecule has 8 heteroatoms. The number of nitrogens with zero attached hydrogens (tertiary/aromatic N) is 3. The maximum absolute atomic E-state index is 12.6. The molecule has 23 heavy (non-hydrogen) atoms. The lowest BCUT2D eigenvalue weighted by atomic mass is 10.1. The Hall–Kier alpha value is -2.64. The van der Waals surface area contributed by atoms with Crippen molar-refractivity contribution in [3.63, 3.8) is 0 Å². The summed E-state index contributed by atoms with van der Waals surface area (Å²) in [6.45, 7) is 0.390. The summed E-state index contributed by atoms with van der Waals surface area (Å²) < 4.78 is 0. The third kappa shape index (κ3) is 2.96. The van der Waals surface area contributed by atoms with Gasteiger partial charge in [-0.05, 0) is 30.5 Å². The molecule has 1 aromatic rings. The van der Waals surface area contributed by atoms with E-state index in [1.165, 1.54) is 0 Å². The number of hydrogen-bond donors (Lipinski definition) is 2. The first-order chi connectivity index (χ1) is 11.1. The number of urea groups is 1. The maximum Gasteiger partial charge on any atom is 0.325 e. The first-order valence-corrected chi connectivity index (χ1v) is 7.61. The molecule has 8 nitrogen and oxygen atoms in total. The van der Waals surface area contributed by atoms with Crippen LogP contribution in [-0.2, 0) is 9.59 Å². The van der Waals surface area contributed by atoms with E-state index in [1.54, 1.807) is 18.1 Å². The molecule has 4 amide bonds. The normalized spacial score (nSPS) is 20.8. The molecule has 0 aliphatic carbocycles. The van der Waals surface area contributed by atoms with Gasteiger partial charge < -0.3 is 15.5 Å². The van der Waals surface area contributed by atoms with Crippen LogP contribution in [-0.4, -0.2) is 59.3 Å². The summed E-state index contributed by atoms with van der Waals surface area (Å²) in [7, 11) is 1.79. The lowest BCUT2D eigenvalue weighted by Gasteiger charge is -2.26. The standard InChI is InChI=1S/C15H19N5O3/c1-16-12-7-10(4-5-17-12)11-3-2-6-19(11)14(22)9-20-13(21)8-18-15(20)23/h4-5,7,11H,2-3,6,8-9H2,1H3,(H,16,17)(H,18,23)/t11-/m0/s1. The van der Waals surface area contributed by atoms with Crippen LogP contribution in [0, 0.1) is 0 Å². The number of carbonyl (C=O) groups is 3. The van der Waals surface area contributed by atoms with Crippen molar-refractivity contribution in [2.75, 3.05) is 32.0 Å². The summed E-state index contributed by atoms with van der Waals surface area (Å²) in [4.78, 5) is 42.7. The highest BCUT2D eigenvalue weighted by molar-refractivity contribution is 6.04. The SMILES string of the molecule is CNc1cc([C@@H]2CCCN2C(=O)CN2C(=O)CNC2=O)ccn1. The molecular weight excluding hydrogens is 298 g/mol. The average Bonchev–Trinajstić information content (AvgIpc) is 3.17. The lowest BCUT2D eigenvalue weighted by Crippen LogP contribution is -2.42. The number of aromatic nitrogens is 1. The Balaban J connectivity index is 1.74. The van der Waals surface area contributed by atoms with Gasteiger partial charge in [-0.2, -0.15) is 0 Å². The number of carbonyl (C=O) groups excluding carboxylic acids is 3. The van der Waals surface area contributed by atoms with Gasteiger partial charge in [-0.15, -0.1) is 0 Å². The summed E-state index contributed by atoms with van der Waals surface area (Å²) in [6.07, 6.45) is 3.46. The van der Waals surface area contributed by atoms with Gasteiger partial charge in [-0.3, -0.25) is 14.5 Å². The third-order valence-corrected chi connectivity index (χ3v) is 4.23. The summed E-state index contributed by atoms with van der Waals surface area (Å²) in [5, 5.41) is 5.41. The van der Waals surface area contributed by atoms with E-state index in [1.807, 2.05) is 12.1 Å². The predicted octanol–water partition coefficient (Wildman–Crippen LogP) is 0.339. The highest BCUT2D eigenvalue weighted by Gasteiger charge is 2.35. The fourth-order valence-electron chi connectivity index (χ4n) is 3.04. The molecule has 2 N–H and O–H groups in total. The van der Waals surface area contributed by atoms with Crippen LogP contribution in [0.15, 0.2) is 18.3 Å². The minimum atomic E-state index is -0.500. The van der Waals surface area contributed by atoms with E-state index in [9.17, 15) is 14.4 Å². The van der Waals surface area contributed by atoms with Crippen LogP contribution >= 0.6 is 0 Å². The van der Waals surface area contributed by atoms with Crippen molar-refractivity contribution < 1.29 is 14.4 Å². The van der Waals surface area contributed by atoms with Crippen LogP contribution in [0.25, 0.3) is 0 Å². The zero-order chi connectivity index (χ0) is 16.4. The highest BCUT2D eigenvalue weighted by Crippen LogP contribution is 2.32. The topological polar surface area (TPSA) is 94.6 Å². The number of nitrogens with one attached hydrogen (secondary N) is 2. The third-order valence-electron chi connectivity index (χ3n) is 4.23. The fourth-order valence-corrected chi connectivity index (χ4v) is 3.04. The van der Waals surface area contributed by atoms with Crippen LogP contribution in [0.4, 0.5) is 10.6 Å². The maximum atomic E-state index is 12.6. The Morgan fingerprint density at radius 3 is 3.00 bits per heavy atom. The Morgan fingerprint density at radius 2 is 2.30 bits per heavy atom. The number of anilines is 1. The first-order valence-electron chi connectivity index (χ1n) is 7.61. The molecule has 0 spiro atoms. The van der Waals surface area contributed by atoms with Gasteiger partial charge in [-0.1, -0.05) is 0 Å². The molecule has 2 saturated heterocycles. The van der Waals surface area contributed by atoms with Crippen molar-refractivity contribution in [3.8, 4) is 0 Å². The van der Waals surface area contributed by atoms with Crippen molar-refractivity contribution in [1.29, 1.82) is 0 Å². The molecule has 2 fully saturated rings. The second-order valence-corrected chi connectivity index (χ2v) is 5.61. The minimum Gasteiger partial charge on any atom is -0.373 e. The van der Waals surface area contributed by atoms with Gasteiger partial charge in [0.15, 0.2) is 0 Å². The fraction of sp³-hybridized carbons (Fsp3) is 0.467. The molecule has 3 rings (SSSR count). The molecule has 1 atom stereocenters. The summed E-state index contributed by atoms with van der Waals surface area (Å²) in [6, 6.07) is 3.27. The first kappa shape index (κ1) is 15.3. The van der Waals surface area contributed by atoms with E-state index in [-0.39, 0.29) is 30.9 Å². The van der Waals surface area contributed by atoms with Crippen LogP contribution in [0.1, 0.15) is 24.4 Å². The zero-order valence-electron chi connectivity index (χ0n) is 12.9. The smallest absolute Gasteiger partial charge is 0.325 e. The van der Waals surface area contributed by atoms with E-state index in [0.29, 0.717) is 6.54 Å². The largest absolute Gasteiger partial charge is 0.373 e. The van der Waals surface area contributed by atoms with Gasteiger partial charge in [0.1, 0.15) is 12.4 Å². The molecule has 0 radical (unpaired) electrons. The van der Waals surface area contributed by atoms with E-state index in [0.717, 1.165) is 29.1 Å². The van der Waals surface area contributed by atoms with Crippen LogP contribution in [0.2, 0.25) is 0 Å². The van der Waals surface area contributed by atoms with Crippen molar-refractivity contribution >= 4 is 23.7 Å². The zero-order valence-corrected chi connectivity index (χ0v) is 12.9. The number of rotatable bonds is 4. The second-order valence-electron chi connectivity index (χ2n) is 5.61. The van der Waals surface area contributed by atoms with Gasteiger partial charge in [-0.25, -0.2) is 9.78 Å². The van der Waals surface area contributed by atoms with Gasteiger partial charge in [0.25, 0.3) is 5.91 Å². The van der Waals surface area contributed by atoms with Crippen molar-refractivity contribution in [3.05, 3.63) is 23.9 Å².